The topological polar surface area (TPSA) is 29.3 Å². The molecule has 2 nitrogen and oxygen atoms in total. The summed E-state index contributed by atoms with van der Waals surface area (Å²) in [5.74, 6) is 0.743. The zero-order chi connectivity index (χ0) is 8.43. The predicted molar refractivity (Wildman–Crippen MR) is 48.5 cm³/mol. The molecule has 0 aromatic carbocycles. The minimum Gasteiger partial charge on any atom is -0.330 e. The van der Waals surface area contributed by atoms with Gasteiger partial charge in [0.1, 0.15) is 0 Å². The van der Waals surface area contributed by atoms with Crippen molar-refractivity contribution in [3.05, 3.63) is 0 Å². The number of hydrogen-bond donors (Lipinski definition) is 1. The van der Waals surface area contributed by atoms with Crippen LogP contribution in [0.2, 0.25) is 0 Å². The van der Waals surface area contributed by atoms with Crippen molar-refractivity contribution in [2.45, 2.75) is 39.3 Å². The lowest BCUT2D eigenvalue weighted by molar-refractivity contribution is 0.212. The zero-order valence-corrected chi connectivity index (χ0v) is 7.88. The molecular formula is C9H20N2. The van der Waals surface area contributed by atoms with E-state index in [0.29, 0.717) is 6.04 Å². The quantitative estimate of drug-likeness (QED) is 0.648. The van der Waals surface area contributed by atoms with Gasteiger partial charge in [0.25, 0.3) is 0 Å². The zero-order valence-electron chi connectivity index (χ0n) is 7.88. The highest BCUT2D eigenvalue weighted by atomic mass is 15.2. The Kier molecular flexibility index (Phi) is 2.90. The van der Waals surface area contributed by atoms with Crippen LogP contribution in [-0.2, 0) is 0 Å². The molecule has 2 N–H and O–H groups in total. The third-order valence-corrected chi connectivity index (χ3v) is 2.71. The molecule has 0 aromatic rings. The van der Waals surface area contributed by atoms with Gasteiger partial charge in [-0.1, -0.05) is 0 Å². The Morgan fingerprint density at radius 2 is 2.18 bits per heavy atom. The minimum atomic E-state index is 0.682. The highest BCUT2D eigenvalue weighted by Crippen LogP contribution is 2.23. The third-order valence-electron chi connectivity index (χ3n) is 2.71. The minimum absolute atomic E-state index is 0.682. The van der Waals surface area contributed by atoms with Crippen molar-refractivity contribution in [1.82, 2.24) is 4.90 Å². The first-order valence-corrected chi connectivity index (χ1v) is 4.61. The number of nitrogens with zero attached hydrogens (tertiary/aromatic N) is 1. The van der Waals surface area contributed by atoms with Crippen molar-refractivity contribution in [1.29, 1.82) is 0 Å². The van der Waals surface area contributed by atoms with Crippen molar-refractivity contribution >= 4 is 0 Å². The van der Waals surface area contributed by atoms with Gasteiger partial charge < -0.3 is 5.73 Å². The Hall–Kier alpha value is -0.0800. The number of hydrogen-bond acceptors (Lipinski definition) is 2. The predicted octanol–water partition coefficient (Wildman–Crippen LogP) is 1.06. The van der Waals surface area contributed by atoms with Crippen LogP contribution in [0, 0.1) is 5.92 Å². The summed E-state index contributed by atoms with van der Waals surface area (Å²) in [7, 11) is 0. The molecule has 0 saturated carbocycles. The maximum atomic E-state index is 5.63. The first-order chi connectivity index (χ1) is 5.15. The van der Waals surface area contributed by atoms with Gasteiger partial charge in [0.15, 0.2) is 0 Å². The SMILES string of the molecule is CC(C)N1CC(CN)CC1C. The van der Waals surface area contributed by atoms with E-state index < -0.39 is 0 Å². The molecule has 0 radical (unpaired) electrons. The largest absolute Gasteiger partial charge is 0.330 e. The van der Waals surface area contributed by atoms with Crippen molar-refractivity contribution in [2.24, 2.45) is 11.7 Å². The van der Waals surface area contributed by atoms with Crippen molar-refractivity contribution in [3.63, 3.8) is 0 Å². The van der Waals surface area contributed by atoms with E-state index in [0.717, 1.165) is 18.5 Å². The van der Waals surface area contributed by atoms with E-state index in [1.54, 1.807) is 0 Å². The molecule has 0 amide bonds. The molecule has 1 aliphatic heterocycles. The average Bonchev–Trinajstić information content (AvgIpc) is 2.30. The fourth-order valence-corrected chi connectivity index (χ4v) is 2.06. The Morgan fingerprint density at radius 3 is 2.45 bits per heavy atom. The number of nitrogens with two attached hydrogens (primary N) is 1. The molecule has 2 unspecified atom stereocenters. The van der Waals surface area contributed by atoms with Crippen LogP contribution < -0.4 is 5.73 Å². The maximum absolute atomic E-state index is 5.63. The molecule has 0 aliphatic carbocycles. The molecule has 0 bridgehead atoms. The number of rotatable bonds is 2. The van der Waals surface area contributed by atoms with Gasteiger partial charge in [0, 0.05) is 18.6 Å². The van der Waals surface area contributed by atoms with E-state index >= 15 is 0 Å². The number of likely N-dealkylation sites (tertiary alicyclic amines) is 1. The summed E-state index contributed by atoms with van der Waals surface area (Å²) in [6.45, 7) is 8.88. The van der Waals surface area contributed by atoms with Crippen LogP contribution in [0.25, 0.3) is 0 Å². The Balaban J connectivity index is 2.45. The molecule has 1 fully saturated rings. The van der Waals surface area contributed by atoms with Crippen LogP contribution >= 0.6 is 0 Å². The summed E-state index contributed by atoms with van der Waals surface area (Å²) in [4.78, 5) is 2.54. The van der Waals surface area contributed by atoms with Gasteiger partial charge in [-0.2, -0.15) is 0 Å². The highest BCUT2D eigenvalue weighted by molar-refractivity contribution is 4.84. The standard InChI is InChI=1S/C9H20N2/c1-7(2)11-6-9(5-10)4-8(11)3/h7-9H,4-6,10H2,1-3H3. The van der Waals surface area contributed by atoms with Crippen LogP contribution in [-0.4, -0.2) is 30.1 Å². The summed E-state index contributed by atoms with van der Waals surface area (Å²) >= 11 is 0. The average molecular weight is 156 g/mol. The van der Waals surface area contributed by atoms with Gasteiger partial charge in [-0.15, -0.1) is 0 Å². The highest BCUT2D eigenvalue weighted by Gasteiger charge is 2.29. The first kappa shape index (κ1) is 9.01. The summed E-state index contributed by atoms with van der Waals surface area (Å²) < 4.78 is 0. The van der Waals surface area contributed by atoms with E-state index in [4.69, 9.17) is 5.73 Å². The smallest absolute Gasteiger partial charge is 0.00733 e. The van der Waals surface area contributed by atoms with E-state index in [1.807, 2.05) is 0 Å². The van der Waals surface area contributed by atoms with E-state index in [2.05, 4.69) is 25.7 Å². The molecule has 2 heteroatoms. The summed E-state index contributed by atoms with van der Waals surface area (Å²) in [6.07, 6.45) is 1.29. The van der Waals surface area contributed by atoms with E-state index in [1.165, 1.54) is 13.0 Å². The van der Waals surface area contributed by atoms with Crippen LogP contribution in [0.1, 0.15) is 27.2 Å². The van der Waals surface area contributed by atoms with Crippen LogP contribution in [0.5, 0.6) is 0 Å². The van der Waals surface area contributed by atoms with E-state index in [9.17, 15) is 0 Å². The van der Waals surface area contributed by atoms with Crippen molar-refractivity contribution < 1.29 is 0 Å². The third kappa shape index (κ3) is 1.94. The fraction of sp³-hybridized carbons (Fsp3) is 1.00. The molecule has 2 atom stereocenters. The summed E-state index contributed by atoms with van der Waals surface area (Å²) in [6, 6.07) is 1.42. The van der Waals surface area contributed by atoms with Crippen molar-refractivity contribution in [3.8, 4) is 0 Å². The second kappa shape index (κ2) is 3.55. The second-order valence-corrected chi connectivity index (χ2v) is 3.98. The molecule has 0 spiro atoms. The van der Waals surface area contributed by atoms with Crippen LogP contribution in [0.3, 0.4) is 0 Å². The lowest BCUT2D eigenvalue weighted by atomic mass is 10.1. The van der Waals surface area contributed by atoms with Gasteiger partial charge in [0.2, 0.25) is 0 Å². The van der Waals surface area contributed by atoms with Gasteiger partial charge in [-0.05, 0) is 39.7 Å². The fourth-order valence-electron chi connectivity index (χ4n) is 2.06. The van der Waals surface area contributed by atoms with E-state index in [-0.39, 0.29) is 0 Å². The molecular weight excluding hydrogens is 136 g/mol. The molecule has 0 aromatic heterocycles. The lowest BCUT2D eigenvalue weighted by Crippen LogP contribution is -2.34. The second-order valence-electron chi connectivity index (χ2n) is 3.98. The summed E-state index contributed by atoms with van der Waals surface area (Å²) in [5, 5.41) is 0. The van der Waals surface area contributed by atoms with Gasteiger partial charge in [0.05, 0.1) is 0 Å². The maximum Gasteiger partial charge on any atom is 0.00733 e. The van der Waals surface area contributed by atoms with Gasteiger partial charge >= 0.3 is 0 Å². The monoisotopic (exact) mass is 156 g/mol. The molecule has 1 saturated heterocycles. The van der Waals surface area contributed by atoms with Crippen LogP contribution in [0.4, 0.5) is 0 Å². The van der Waals surface area contributed by atoms with Crippen molar-refractivity contribution in [2.75, 3.05) is 13.1 Å². The molecule has 1 aliphatic rings. The Morgan fingerprint density at radius 1 is 1.55 bits per heavy atom. The molecule has 1 rings (SSSR count). The normalized spacial score (nSPS) is 33.5. The molecule has 1 heterocycles. The van der Waals surface area contributed by atoms with Crippen LogP contribution in [0.15, 0.2) is 0 Å². The summed E-state index contributed by atoms with van der Waals surface area (Å²) in [5.41, 5.74) is 5.63. The molecule has 66 valence electrons. The van der Waals surface area contributed by atoms with Gasteiger partial charge in [-0.3, -0.25) is 4.90 Å². The Labute approximate surface area is 69.8 Å². The van der Waals surface area contributed by atoms with Gasteiger partial charge in [-0.25, -0.2) is 0 Å². The molecule has 11 heavy (non-hydrogen) atoms. The Bertz CT molecular complexity index is 123. The lowest BCUT2D eigenvalue weighted by Gasteiger charge is -2.25. The first-order valence-electron chi connectivity index (χ1n) is 4.61.